The Morgan fingerprint density at radius 3 is 2.38 bits per heavy atom. The number of piperidine rings is 1. The molecule has 2 fully saturated rings. The van der Waals surface area contributed by atoms with Gasteiger partial charge in [0.05, 0.1) is 20.8 Å². The fraction of sp³-hybridized carbons (Fsp3) is 0.650. The molecule has 144 valence electrons. The zero-order valence-corrected chi connectivity index (χ0v) is 16.0. The highest BCUT2D eigenvalue weighted by Gasteiger charge is 2.58. The molecule has 1 aliphatic carbocycles. The Morgan fingerprint density at radius 1 is 1.15 bits per heavy atom. The van der Waals surface area contributed by atoms with Gasteiger partial charge in [-0.05, 0) is 44.2 Å². The lowest BCUT2D eigenvalue weighted by Crippen LogP contribution is -2.35. The Kier molecular flexibility index (Phi) is 5.91. The third-order valence-corrected chi connectivity index (χ3v) is 5.69. The second-order valence-electron chi connectivity index (χ2n) is 7.38. The second-order valence-corrected chi connectivity index (χ2v) is 7.38. The molecule has 0 radical (unpaired) electrons. The van der Waals surface area contributed by atoms with Crippen molar-refractivity contribution in [2.24, 2.45) is 11.3 Å². The van der Waals surface area contributed by atoms with Gasteiger partial charge in [-0.1, -0.05) is 0 Å². The Labute approximate surface area is 155 Å². The van der Waals surface area contributed by atoms with Crippen LogP contribution >= 0.6 is 0 Å². The summed E-state index contributed by atoms with van der Waals surface area (Å²) >= 11 is 0. The highest BCUT2D eigenvalue weighted by molar-refractivity contribution is 5.82. The summed E-state index contributed by atoms with van der Waals surface area (Å²) in [5.41, 5.74) is 0.296. The van der Waals surface area contributed by atoms with Gasteiger partial charge in [-0.3, -0.25) is 4.79 Å². The molecule has 6 nitrogen and oxygen atoms in total. The van der Waals surface area contributed by atoms with E-state index in [0.29, 0.717) is 41.7 Å². The first kappa shape index (κ1) is 18.8. The lowest BCUT2D eigenvalue weighted by Gasteiger charge is -2.25. The summed E-state index contributed by atoms with van der Waals surface area (Å²) in [5.74, 6) is 2.65. The lowest BCUT2D eigenvalue weighted by atomic mass is 9.91. The fourth-order valence-electron chi connectivity index (χ4n) is 3.91. The third kappa shape index (κ3) is 4.23. The number of rotatable bonds is 8. The van der Waals surface area contributed by atoms with Gasteiger partial charge in [0, 0.05) is 37.7 Å². The molecule has 1 aromatic rings. The second kappa shape index (κ2) is 8.16. The predicted octanol–water partition coefficient (Wildman–Crippen LogP) is 2.32. The van der Waals surface area contributed by atoms with Crippen LogP contribution < -0.4 is 19.5 Å². The Morgan fingerprint density at radius 2 is 1.77 bits per heavy atom. The van der Waals surface area contributed by atoms with E-state index in [-0.39, 0.29) is 5.92 Å². The summed E-state index contributed by atoms with van der Waals surface area (Å²) in [5, 5.41) is 3.38. The summed E-state index contributed by atoms with van der Waals surface area (Å²) in [4.78, 5) is 14.5. The number of carbonyl (C=O) groups excluding carboxylic acids is 1. The van der Waals surface area contributed by atoms with E-state index in [1.165, 1.54) is 0 Å². The Hall–Kier alpha value is -1.95. The van der Waals surface area contributed by atoms with E-state index in [0.717, 1.165) is 38.8 Å². The molecule has 6 heteroatoms. The fourth-order valence-corrected chi connectivity index (χ4v) is 3.91. The van der Waals surface area contributed by atoms with Gasteiger partial charge in [0.2, 0.25) is 5.91 Å². The first-order chi connectivity index (χ1) is 12.6. The van der Waals surface area contributed by atoms with E-state index < -0.39 is 0 Å². The average Bonchev–Trinajstić information content (AvgIpc) is 3.37. The molecular formula is C20H30N2O4. The van der Waals surface area contributed by atoms with E-state index in [1.807, 2.05) is 30.1 Å². The molecule has 1 unspecified atom stereocenters. The molecule has 1 aliphatic heterocycles. The highest BCUT2D eigenvalue weighted by Crippen LogP contribution is 2.59. The number of hydrogen-bond donors (Lipinski definition) is 1. The van der Waals surface area contributed by atoms with Crippen LogP contribution in [-0.2, 0) is 4.79 Å². The van der Waals surface area contributed by atoms with E-state index >= 15 is 0 Å². The van der Waals surface area contributed by atoms with Crippen molar-refractivity contribution in [1.29, 1.82) is 0 Å². The van der Waals surface area contributed by atoms with Gasteiger partial charge in [0.25, 0.3) is 0 Å². The zero-order chi connectivity index (χ0) is 18.6. The minimum atomic E-state index is 0.234. The molecule has 1 saturated carbocycles. The number of benzene rings is 1. The van der Waals surface area contributed by atoms with Crippen LogP contribution in [0.25, 0.3) is 0 Å². The number of hydrogen-bond acceptors (Lipinski definition) is 5. The van der Waals surface area contributed by atoms with Crippen molar-refractivity contribution in [2.75, 3.05) is 47.5 Å². The number of carbonyl (C=O) groups is 1. The maximum Gasteiger partial charge on any atom is 0.226 e. The zero-order valence-electron chi connectivity index (χ0n) is 16.0. The number of nitrogens with zero attached hydrogens (tertiary/aromatic N) is 1. The van der Waals surface area contributed by atoms with Crippen molar-refractivity contribution in [3.63, 3.8) is 0 Å². The van der Waals surface area contributed by atoms with Gasteiger partial charge < -0.3 is 24.4 Å². The first-order valence-electron chi connectivity index (χ1n) is 9.39. The normalized spacial score (nSPS) is 20.5. The summed E-state index contributed by atoms with van der Waals surface area (Å²) < 4.78 is 16.3. The monoisotopic (exact) mass is 362 g/mol. The van der Waals surface area contributed by atoms with Crippen LogP contribution in [0.2, 0.25) is 0 Å². The number of ether oxygens (including phenoxy) is 3. The topological polar surface area (TPSA) is 60.0 Å². The summed E-state index contributed by atoms with van der Waals surface area (Å²) in [6.07, 6.45) is 4.14. The van der Waals surface area contributed by atoms with Crippen LogP contribution in [0.3, 0.4) is 0 Å². The van der Waals surface area contributed by atoms with Crippen molar-refractivity contribution >= 4 is 5.91 Å². The minimum absolute atomic E-state index is 0.234. The molecule has 0 aromatic heterocycles. The van der Waals surface area contributed by atoms with Crippen molar-refractivity contribution in [2.45, 2.75) is 25.7 Å². The van der Waals surface area contributed by atoms with Gasteiger partial charge in [-0.25, -0.2) is 0 Å². The average molecular weight is 362 g/mol. The molecule has 26 heavy (non-hydrogen) atoms. The molecule has 2 aliphatic rings. The van der Waals surface area contributed by atoms with E-state index in [9.17, 15) is 4.79 Å². The van der Waals surface area contributed by atoms with Crippen LogP contribution in [0.4, 0.5) is 0 Å². The van der Waals surface area contributed by atoms with Crippen LogP contribution in [0, 0.1) is 11.3 Å². The van der Waals surface area contributed by atoms with Crippen LogP contribution in [0.1, 0.15) is 25.7 Å². The van der Waals surface area contributed by atoms with Crippen LogP contribution in [0.5, 0.6) is 17.2 Å². The molecule has 1 spiro atoms. The molecular weight excluding hydrogens is 332 g/mol. The Bertz CT molecular complexity index is 606. The predicted molar refractivity (Wildman–Crippen MR) is 99.9 cm³/mol. The SMILES string of the molecule is COc1cc(OC)cc(OCCCN(C)C(=O)C2CC23CCNCC3)c1. The quantitative estimate of drug-likeness (QED) is 0.719. The van der Waals surface area contributed by atoms with Gasteiger partial charge in [-0.15, -0.1) is 0 Å². The number of amides is 1. The van der Waals surface area contributed by atoms with E-state index in [4.69, 9.17) is 14.2 Å². The molecule has 3 rings (SSSR count). The van der Waals surface area contributed by atoms with Gasteiger partial charge in [0.15, 0.2) is 0 Å². The molecule has 1 saturated heterocycles. The van der Waals surface area contributed by atoms with Crippen molar-refractivity contribution < 1.29 is 19.0 Å². The van der Waals surface area contributed by atoms with Gasteiger partial charge in [0.1, 0.15) is 17.2 Å². The molecule has 0 bridgehead atoms. The summed E-state index contributed by atoms with van der Waals surface area (Å²) in [7, 11) is 5.14. The van der Waals surface area contributed by atoms with Crippen molar-refractivity contribution in [3.8, 4) is 17.2 Å². The Balaban J connectivity index is 1.41. The standard InChI is InChI=1S/C20H30N2O4/c1-22(19(23)18-14-20(18)5-7-21-8-6-20)9-4-10-26-17-12-15(24-2)11-16(13-17)25-3/h11-13,18,21H,4-10,14H2,1-3H3. The van der Waals surface area contributed by atoms with Gasteiger partial charge >= 0.3 is 0 Å². The number of methoxy groups -OCH3 is 2. The minimum Gasteiger partial charge on any atom is -0.496 e. The smallest absolute Gasteiger partial charge is 0.226 e. The van der Waals surface area contributed by atoms with Gasteiger partial charge in [-0.2, -0.15) is 0 Å². The highest BCUT2D eigenvalue weighted by atomic mass is 16.5. The van der Waals surface area contributed by atoms with Crippen LogP contribution in [-0.4, -0.2) is 58.3 Å². The summed E-state index contributed by atoms with van der Waals surface area (Å²) in [6, 6.07) is 5.48. The largest absolute Gasteiger partial charge is 0.496 e. The molecule has 1 aromatic carbocycles. The molecule has 1 atom stereocenters. The molecule has 1 N–H and O–H groups in total. The number of nitrogens with one attached hydrogen (secondary N) is 1. The molecule has 1 heterocycles. The maximum atomic E-state index is 12.6. The summed E-state index contributed by atoms with van der Waals surface area (Å²) in [6.45, 7) is 3.36. The van der Waals surface area contributed by atoms with Crippen molar-refractivity contribution in [3.05, 3.63) is 18.2 Å². The third-order valence-electron chi connectivity index (χ3n) is 5.69. The van der Waals surface area contributed by atoms with Crippen molar-refractivity contribution in [1.82, 2.24) is 10.2 Å². The van der Waals surface area contributed by atoms with E-state index in [1.54, 1.807) is 14.2 Å². The first-order valence-corrected chi connectivity index (χ1v) is 9.39. The maximum absolute atomic E-state index is 12.6. The van der Waals surface area contributed by atoms with Crippen LogP contribution in [0.15, 0.2) is 18.2 Å². The molecule has 1 amide bonds. The van der Waals surface area contributed by atoms with E-state index in [2.05, 4.69) is 5.32 Å². The lowest BCUT2D eigenvalue weighted by molar-refractivity contribution is -0.132.